The van der Waals surface area contributed by atoms with E-state index in [-0.39, 0.29) is 0 Å². The lowest BCUT2D eigenvalue weighted by Crippen LogP contribution is -1.83. The largest absolute Gasteiger partial charge is 0.497 e. The normalized spacial score (nSPS) is 10.3. The van der Waals surface area contributed by atoms with Gasteiger partial charge in [0.15, 0.2) is 0 Å². The van der Waals surface area contributed by atoms with E-state index in [4.69, 9.17) is 4.74 Å². The molecule has 0 atom stereocenters. The van der Waals surface area contributed by atoms with E-state index in [1.807, 2.05) is 18.2 Å². The van der Waals surface area contributed by atoms with Gasteiger partial charge in [0.1, 0.15) is 12.0 Å². The van der Waals surface area contributed by atoms with Gasteiger partial charge in [-0.25, -0.2) is 0 Å². The smallest absolute Gasteiger partial charge is 0.142 e. The molecule has 1 aromatic carbocycles. The molecule has 0 bridgehead atoms. The van der Waals surface area contributed by atoms with Crippen molar-refractivity contribution in [2.75, 3.05) is 7.11 Å². The molecular weight excluding hydrogens is 232 g/mol. The third-order valence-corrected chi connectivity index (χ3v) is 2.28. The summed E-state index contributed by atoms with van der Waals surface area (Å²) in [5.74, 6) is 0.772. The molecule has 68 valence electrons. The van der Waals surface area contributed by atoms with E-state index < -0.39 is 0 Å². The van der Waals surface area contributed by atoms with E-state index in [0.717, 1.165) is 22.1 Å². The number of methoxy groups -OCH3 is 1. The number of rotatable bonds is 3. The lowest BCUT2D eigenvalue weighted by atomic mass is 10.2. The average molecular weight is 241 g/mol. The van der Waals surface area contributed by atoms with E-state index >= 15 is 0 Å². The van der Waals surface area contributed by atoms with E-state index in [9.17, 15) is 4.79 Å². The Morgan fingerprint density at radius 3 is 2.85 bits per heavy atom. The second kappa shape index (κ2) is 4.82. The fourth-order valence-electron chi connectivity index (χ4n) is 0.919. The number of allylic oxidation sites excluding steroid dienone is 1. The molecule has 2 nitrogen and oxygen atoms in total. The number of benzene rings is 1. The number of aldehydes is 1. The summed E-state index contributed by atoms with van der Waals surface area (Å²) in [4.78, 5) is 10.1. The molecule has 3 heteroatoms. The predicted molar refractivity (Wildman–Crippen MR) is 55.8 cm³/mol. The molecule has 0 amide bonds. The summed E-state index contributed by atoms with van der Waals surface area (Å²) in [6, 6.07) is 5.58. The van der Waals surface area contributed by atoms with Crippen LogP contribution < -0.4 is 4.74 Å². The summed E-state index contributed by atoms with van der Waals surface area (Å²) in [5.41, 5.74) is 0.923. The summed E-state index contributed by atoms with van der Waals surface area (Å²) in [7, 11) is 1.61. The zero-order valence-electron chi connectivity index (χ0n) is 7.16. The summed E-state index contributed by atoms with van der Waals surface area (Å²) < 4.78 is 5.98. The van der Waals surface area contributed by atoms with Gasteiger partial charge in [0.05, 0.1) is 7.11 Å². The van der Waals surface area contributed by atoms with E-state index in [1.165, 1.54) is 6.08 Å². The van der Waals surface area contributed by atoms with Crippen molar-refractivity contribution in [1.82, 2.24) is 0 Å². The molecule has 0 aliphatic heterocycles. The van der Waals surface area contributed by atoms with Crippen LogP contribution in [0.5, 0.6) is 5.75 Å². The summed E-state index contributed by atoms with van der Waals surface area (Å²) >= 11 is 3.37. The van der Waals surface area contributed by atoms with Gasteiger partial charge in [0.25, 0.3) is 0 Å². The van der Waals surface area contributed by atoms with Gasteiger partial charge in [-0.1, -0.05) is 22.0 Å². The number of ether oxygens (including phenoxy) is 1. The fraction of sp³-hybridized carbons (Fsp3) is 0.100. The topological polar surface area (TPSA) is 26.3 Å². The van der Waals surface area contributed by atoms with Crippen molar-refractivity contribution in [2.24, 2.45) is 0 Å². The maximum Gasteiger partial charge on any atom is 0.142 e. The lowest BCUT2D eigenvalue weighted by molar-refractivity contribution is -0.104. The highest BCUT2D eigenvalue weighted by Gasteiger charge is 1.97. The maximum atomic E-state index is 10.1. The maximum absolute atomic E-state index is 10.1. The number of hydrogen-bond acceptors (Lipinski definition) is 2. The molecule has 0 heterocycles. The van der Waals surface area contributed by atoms with Crippen molar-refractivity contribution in [2.45, 2.75) is 0 Å². The predicted octanol–water partition coefficient (Wildman–Crippen LogP) is 2.67. The second-order valence-corrected chi connectivity index (χ2v) is 3.24. The molecule has 0 radical (unpaired) electrons. The Morgan fingerprint density at radius 1 is 1.46 bits per heavy atom. The van der Waals surface area contributed by atoms with Crippen LogP contribution in [0, 0.1) is 0 Å². The van der Waals surface area contributed by atoms with Crippen molar-refractivity contribution >= 4 is 28.3 Å². The minimum absolute atomic E-state index is 0.742. The van der Waals surface area contributed by atoms with Gasteiger partial charge in [0, 0.05) is 4.47 Å². The van der Waals surface area contributed by atoms with Gasteiger partial charge in [-0.2, -0.15) is 0 Å². The summed E-state index contributed by atoms with van der Waals surface area (Å²) in [6.07, 6.45) is 3.91. The van der Waals surface area contributed by atoms with Gasteiger partial charge in [0.2, 0.25) is 0 Å². The standard InChI is InChI=1S/C10H9BrO2/c1-13-9-4-5-10(11)8(7-9)3-2-6-12/h2-7H,1H3/b3-2+. The minimum Gasteiger partial charge on any atom is -0.497 e. The Labute approximate surface area is 85.3 Å². The zero-order chi connectivity index (χ0) is 9.68. The van der Waals surface area contributed by atoms with Crippen LogP contribution in [0.15, 0.2) is 28.7 Å². The molecule has 0 fully saturated rings. The second-order valence-electron chi connectivity index (χ2n) is 2.38. The van der Waals surface area contributed by atoms with Crippen LogP contribution in [-0.2, 0) is 4.79 Å². The number of carbonyl (C=O) groups is 1. The molecule has 0 aliphatic carbocycles. The lowest BCUT2D eigenvalue weighted by Gasteiger charge is -2.02. The van der Waals surface area contributed by atoms with Crippen molar-refractivity contribution in [3.05, 3.63) is 34.3 Å². The van der Waals surface area contributed by atoms with Crippen LogP contribution in [0.1, 0.15) is 5.56 Å². The van der Waals surface area contributed by atoms with Crippen LogP contribution >= 0.6 is 15.9 Å². The van der Waals surface area contributed by atoms with E-state index in [0.29, 0.717) is 0 Å². The van der Waals surface area contributed by atoms with E-state index in [1.54, 1.807) is 13.2 Å². The Hall–Kier alpha value is -1.09. The van der Waals surface area contributed by atoms with Gasteiger partial charge < -0.3 is 4.74 Å². The van der Waals surface area contributed by atoms with Gasteiger partial charge in [-0.05, 0) is 29.8 Å². The first-order valence-corrected chi connectivity index (χ1v) is 4.52. The summed E-state index contributed by atoms with van der Waals surface area (Å²) in [6.45, 7) is 0. The molecule has 0 unspecified atom stereocenters. The summed E-state index contributed by atoms with van der Waals surface area (Å²) in [5, 5.41) is 0. The Kier molecular flexibility index (Phi) is 3.71. The van der Waals surface area contributed by atoms with Crippen LogP contribution in [0.2, 0.25) is 0 Å². The minimum atomic E-state index is 0.742. The molecular formula is C10H9BrO2. The highest BCUT2D eigenvalue weighted by Crippen LogP contribution is 2.23. The quantitative estimate of drug-likeness (QED) is 0.600. The van der Waals surface area contributed by atoms with Crippen LogP contribution in [0.25, 0.3) is 6.08 Å². The molecule has 0 saturated carbocycles. The Morgan fingerprint density at radius 2 is 2.23 bits per heavy atom. The van der Waals surface area contributed by atoms with Crippen molar-refractivity contribution in [3.63, 3.8) is 0 Å². The highest BCUT2D eigenvalue weighted by atomic mass is 79.9. The van der Waals surface area contributed by atoms with Crippen LogP contribution in [0.3, 0.4) is 0 Å². The molecule has 0 N–H and O–H groups in total. The number of halogens is 1. The molecule has 13 heavy (non-hydrogen) atoms. The van der Waals surface area contributed by atoms with Gasteiger partial charge in [-0.15, -0.1) is 0 Å². The molecule has 0 spiro atoms. The van der Waals surface area contributed by atoms with Crippen LogP contribution in [-0.4, -0.2) is 13.4 Å². The van der Waals surface area contributed by atoms with Crippen molar-refractivity contribution < 1.29 is 9.53 Å². The monoisotopic (exact) mass is 240 g/mol. The highest BCUT2D eigenvalue weighted by molar-refractivity contribution is 9.10. The Bertz CT molecular complexity index is 332. The molecule has 1 rings (SSSR count). The number of hydrogen-bond donors (Lipinski definition) is 0. The molecule has 0 saturated heterocycles. The first-order valence-electron chi connectivity index (χ1n) is 3.73. The molecule has 0 aliphatic rings. The van der Waals surface area contributed by atoms with Crippen molar-refractivity contribution in [3.8, 4) is 5.75 Å². The van der Waals surface area contributed by atoms with Crippen molar-refractivity contribution in [1.29, 1.82) is 0 Å². The van der Waals surface area contributed by atoms with Crippen LogP contribution in [0.4, 0.5) is 0 Å². The molecule has 1 aromatic rings. The van der Waals surface area contributed by atoms with E-state index in [2.05, 4.69) is 15.9 Å². The third kappa shape index (κ3) is 2.70. The average Bonchev–Trinajstić information content (AvgIpc) is 2.17. The number of carbonyl (C=O) groups excluding carboxylic acids is 1. The third-order valence-electron chi connectivity index (χ3n) is 1.56. The fourth-order valence-corrected chi connectivity index (χ4v) is 1.30. The molecule has 0 aromatic heterocycles. The first kappa shape index (κ1) is 9.99. The SMILES string of the molecule is COc1ccc(Br)c(/C=C/C=O)c1. The van der Waals surface area contributed by atoms with Gasteiger partial charge in [-0.3, -0.25) is 4.79 Å². The van der Waals surface area contributed by atoms with Gasteiger partial charge >= 0.3 is 0 Å². The first-order chi connectivity index (χ1) is 6.27. The zero-order valence-corrected chi connectivity index (χ0v) is 8.74. The Balaban J connectivity index is 3.03.